The van der Waals surface area contributed by atoms with Gasteiger partial charge in [0, 0.05) is 6.42 Å². The largest absolute Gasteiger partial charge is 0.385 e. The maximum atomic E-state index is 10.7. The minimum Gasteiger partial charge on any atom is -0.385 e. The van der Waals surface area contributed by atoms with Crippen molar-refractivity contribution in [2.45, 2.75) is 43.7 Å². The molecule has 2 saturated heterocycles. The van der Waals surface area contributed by atoms with Crippen molar-refractivity contribution in [3.63, 3.8) is 0 Å². The van der Waals surface area contributed by atoms with Crippen LogP contribution in [0.3, 0.4) is 0 Å². The second-order valence-corrected chi connectivity index (χ2v) is 6.79. The molecule has 0 spiro atoms. The van der Waals surface area contributed by atoms with Crippen molar-refractivity contribution in [2.24, 2.45) is 0 Å². The van der Waals surface area contributed by atoms with Crippen LogP contribution in [0.5, 0.6) is 0 Å². The van der Waals surface area contributed by atoms with Crippen LogP contribution in [0.25, 0.3) is 0 Å². The van der Waals surface area contributed by atoms with Crippen LogP contribution in [0, 0.1) is 0 Å². The molecule has 4 rings (SSSR count). The Bertz CT molecular complexity index is 692. The first-order valence-electron chi connectivity index (χ1n) is 9.03. The summed E-state index contributed by atoms with van der Waals surface area (Å²) < 4.78 is 23.6. The van der Waals surface area contributed by atoms with Crippen molar-refractivity contribution in [3.8, 4) is 0 Å². The van der Waals surface area contributed by atoms with E-state index in [4.69, 9.17) is 18.9 Å². The Morgan fingerprint density at radius 3 is 2.31 bits per heavy atom. The number of hydrogen-bond donors (Lipinski definition) is 1. The Balaban J connectivity index is 1.42. The summed E-state index contributed by atoms with van der Waals surface area (Å²) in [4.78, 5) is 0. The fourth-order valence-electron chi connectivity index (χ4n) is 3.63. The van der Waals surface area contributed by atoms with E-state index in [1.54, 1.807) is 0 Å². The third-order valence-corrected chi connectivity index (χ3v) is 5.11. The lowest BCUT2D eigenvalue weighted by molar-refractivity contribution is -0.202. The zero-order chi connectivity index (χ0) is 17.8. The van der Waals surface area contributed by atoms with E-state index < -0.39 is 18.0 Å². The van der Waals surface area contributed by atoms with Crippen molar-refractivity contribution >= 4 is 0 Å². The molecule has 0 aliphatic carbocycles. The van der Waals surface area contributed by atoms with Crippen LogP contribution in [0.2, 0.25) is 0 Å². The van der Waals surface area contributed by atoms with Crippen molar-refractivity contribution in [3.05, 3.63) is 71.8 Å². The summed E-state index contributed by atoms with van der Waals surface area (Å²) in [5.74, 6) is 0. The number of hydrogen-bond acceptors (Lipinski definition) is 5. The van der Waals surface area contributed by atoms with E-state index in [-0.39, 0.29) is 6.10 Å². The Morgan fingerprint density at radius 1 is 0.962 bits per heavy atom. The molecule has 5 heteroatoms. The van der Waals surface area contributed by atoms with Crippen LogP contribution in [-0.4, -0.2) is 42.4 Å². The molecule has 2 aliphatic heterocycles. The van der Waals surface area contributed by atoms with E-state index in [1.165, 1.54) is 0 Å². The second-order valence-electron chi connectivity index (χ2n) is 6.79. The van der Waals surface area contributed by atoms with Crippen LogP contribution in [-0.2, 0) is 32.2 Å². The predicted octanol–water partition coefficient (Wildman–Crippen LogP) is 2.66. The van der Waals surface area contributed by atoms with E-state index in [2.05, 4.69) is 0 Å². The summed E-state index contributed by atoms with van der Waals surface area (Å²) in [5.41, 5.74) is 1.37. The van der Waals surface area contributed by atoms with E-state index in [0.717, 1.165) is 11.1 Å². The summed E-state index contributed by atoms with van der Waals surface area (Å²) in [5, 5.41) is 10.7. The van der Waals surface area contributed by atoms with Gasteiger partial charge in [-0.1, -0.05) is 60.7 Å². The summed E-state index contributed by atoms with van der Waals surface area (Å²) in [6, 6.07) is 19.9. The minimum absolute atomic E-state index is 0.348. The first kappa shape index (κ1) is 17.6. The molecule has 2 aromatic carbocycles. The van der Waals surface area contributed by atoms with Gasteiger partial charge in [0.15, 0.2) is 6.29 Å². The highest BCUT2D eigenvalue weighted by Gasteiger charge is 2.60. The third kappa shape index (κ3) is 3.54. The fraction of sp³-hybridized carbons (Fsp3) is 0.429. The fourth-order valence-corrected chi connectivity index (χ4v) is 3.63. The zero-order valence-electron chi connectivity index (χ0n) is 14.6. The van der Waals surface area contributed by atoms with Crippen molar-refractivity contribution in [1.82, 2.24) is 0 Å². The second kappa shape index (κ2) is 7.86. The Kier molecular flexibility index (Phi) is 5.33. The van der Waals surface area contributed by atoms with Crippen molar-refractivity contribution in [1.29, 1.82) is 0 Å². The highest BCUT2D eigenvalue weighted by Crippen LogP contribution is 2.42. The normalized spacial score (nSPS) is 30.4. The first-order chi connectivity index (χ1) is 12.8. The summed E-state index contributed by atoms with van der Waals surface area (Å²) in [6.07, 6.45) is -1.25. The number of benzene rings is 2. The van der Waals surface area contributed by atoms with Gasteiger partial charge in [-0.3, -0.25) is 0 Å². The van der Waals surface area contributed by atoms with Gasteiger partial charge in [0.25, 0.3) is 0 Å². The molecule has 1 N–H and O–H groups in total. The van der Waals surface area contributed by atoms with Gasteiger partial charge < -0.3 is 24.1 Å². The molecular weight excluding hydrogens is 332 g/mol. The minimum atomic E-state index is -0.815. The number of rotatable bonds is 7. The number of aliphatic hydroxyl groups excluding tert-OH is 1. The molecule has 0 radical (unpaired) electrons. The lowest BCUT2D eigenvalue weighted by Crippen LogP contribution is -2.55. The SMILES string of the molecule is O[C@H]1[C@@H]2OCC[C@@]1(OCc1ccccc1)[C@@H](COCc1ccccc1)O2. The number of ether oxygens (including phenoxy) is 4. The molecule has 2 fully saturated rings. The molecule has 138 valence electrons. The molecule has 4 atom stereocenters. The highest BCUT2D eigenvalue weighted by atomic mass is 16.7. The van der Waals surface area contributed by atoms with Gasteiger partial charge in [0.1, 0.15) is 17.8 Å². The lowest BCUT2D eigenvalue weighted by atomic mass is 9.87. The van der Waals surface area contributed by atoms with E-state index in [1.807, 2.05) is 60.7 Å². The lowest BCUT2D eigenvalue weighted by Gasteiger charge is -2.38. The molecule has 26 heavy (non-hydrogen) atoms. The van der Waals surface area contributed by atoms with Crippen LogP contribution in [0.4, 0.5) is 0 Å². The van der Waals surface area contributed by atoms with Crippen molar-refractivity contribution < 1.29 is 24.1 Å². The van der Waals surface area contributed by atoms with E-state index in [9.17, 15) is 5.11 Å². The Hall–Kier alpha value is -1.76. The molecule has 0 amide bonds. The summed E-state index contributed by atoms with van der Waals surface area (Å²) in [6.45, 7) is 1.77. The third-order valence-electron chi connectivity index (χ3n) is 5.11. The maximum Gasteiger partial charge on any atom is 0.186 e. The molecule has 2 aliphatic rings. The van der Waals surface area contributed by atoms with Gasteiger partial charge in [-0.25, -0.2) is 0 Å². The quantitative estimate of drug-likeness (QED) is 0.827. The summed E-state index contributed by atoms with van der Waals surface area (Å²) >= 11 is 0. The number of fused-ring (bicyclic) bond motifs is 2. The van der Waals surface area contributed by atoms with Gasteiger partial charge >= 0.3 is 0 Å². The van der Waals surface area contributed by atoms with Gasteiger partial charge in [0.05, 0.1) is 26.4 Å². The van der Waals surface area contributed by atoms with Gasteiger partial charge in [-0.15, -0.1) is 0 Å². The Morgan fingerprint density at radius 2 is 1.62 bits per heavy atom. The van der Waals surface area contributed by atoms with E-state index in [0.29, 0.717) is 32.8 Å². The van der Waals surface area contributed by atoms with Gasteiger partial charge in [-0.2, -0.15) is 0 Å². The predicted molar refractivity (Wildman–Crippen MR) is 95.3 cm³/mol. The van der Waals surface area contributed by atoms with Crippen LogP contribution < -0.4 is 0 Å². The molecule has 2 aromatic rings. The molecule has 5 nitrogen and oxygen atoms in total. The topological polar surface area (TPSA) is 57.2 Å². The molecule has 0 saturated carbocycles. The summed E-state index contributed by atoms with van der Waals surface area (Å²) in [7, 11) is 0. The standard InChI is InChI=1S/C21H24O5/c22-19-20-24-12-11-21(19,25-14-17-9-5-2-6-10-17)18(26-20)15-23-13-16-7-3-1-4-8-16/h1-10,18-20,22H,11-15H2/t18-,19+,20-,21-/m1/s1. The van der Waals surface area contributed by atoms with E-state index >= 15 is 0 Å². The molecule has 2 bridgehead atoms. The molecule has 0 aromatic heterocycles. The maximum absolute atomic E-state index is 10.7. The average Bonchev–Trinajstić information content (AvgIpc) is 2.83. The van der Waals surface area contributed by atoms with Crippen LogP contribution in [0.1, 0.15) is 17.5 Å². The molecular formula is C21H24O5. The monoisotopic (exact) mass is 356 g/mol. The average molecular weight is 356 g/mol. The van der Waals surface area contributed by atoms with Crippen molar-refractivity contribution in [2.75, 3.05) is 13.2 Å². The Labute approximate surface area is 153 Å². The smallest absolute Gasteiger partial charge is 0.186 e. The number of aliphatic hydroxyl groups is 1. The first-order valence-corrected chi connectivity index (χ1v) is 9.03. The molecule has 0 unspecified atom stereocenters. The van der Waals surface area contributed by atoms with Gasteiger partial charge in [-0.05, 0) is 11.1 Å². The van der Waals surface area contributed by atoms with Gasteiger partial charge in [0.2, 0.25) is 0 Å². The zero-order valence-corrected chi connectivity index (χ0v) is 14.6. The molecule has 2 heterocycles. The highest BCUT2D eigenvalue weighted by molar-refractivity contribution is 5.15. The van der Waals surface area contributed by atoms with Crippen LogP contribution in [0.15, 0.2) is 60.7 Å². The van der Waals surface area contributed by atoms with Crippen LogP contribution >= 0.6 is 0 Å².